The monoisotopic (exact) mass is 295 g/mol. The predicted octanol–water partition coefficient (Wildman–Crippen LogP) is 1.72. The summed E-state index contributed by atoms with van der Waals surface area (Å²) in [5.74, 6) is -0.831. The van der Waals surface area contributed by atoms with Gasteiger partial charge in [0.25, 0.3) is 0 Å². The lowest BCUT2D eigenvalue weighted by atomic mass is 9.80. The van der Waals surface area contributed by atoms with Crippen LogP contribution in [0.1, 0.15) is 40.0 Å². The molecule has 2 amide bonds. The van der Waals surface area contributed by atoms with Crippen LogP contribution >= 0.6 is 0 Å². The fraction of sp³-hybridized carbons (Fsp3) is 0.800. The van der Waals surface area contributed by atoms with Crippen molar-refractivity contribution in [2.24, 2.45) is 17.8 Å². The number of fused-ring (bicyclic) bond motifs is 1. The fourth-order valence-electron chi connectivity index (χ4n) is 4.17. The van der Waals surface area contributed by atoms with Gasteiger partial charge in [0.15, 0.2) is 5.54 Å². The van der Waals surface area contributed by atoms with Crippen LogP contribution in [0.2, 0.25) is 0 Å². The van der Waals surface area contributed by atoms with Crippen LogP contribution in [0.3, 0.4) is 0 Å². The molecule has 2 aliphatic carbocycles. The smallest absolute Gasteiger partial charge is 0.418 e. The molecule has 3 aliphatic rings. The van der Waals surface area contributed by atoms with Gasteiger partial charge in [0, 0.05) is 11.8 Å². The number of hydrogen-bond donors (Lipinski definition) is 0. The maximum Gasteiger partial charge on any atom is 0.418 e. The van der Waals surface area contributed by atoms with Crippen LogP contribution in [0, 0.1) is 17.8 Å². The fourth-order valence-corrected chi connectivity index (χ4v) is 4.17. The third-order valence-electron chi connectivity index (χ3n) is 4.83. The average molecular weight is 295 g/mol. The quantitative estimate of drug-likeness (QED) is 0.689. The maximum absolute atomic E-state index is 12.5. The van der Waals surface area contributed by atoms with E-state index < -0.39 is 23.2 Å². The first-order valence-corrected chi connectivity index (χ1v) is 7.39. The Labute approximate surface area is 123 Å². The lowest BCUT2D eigenvalue weighted by Gasteiger charge is -2.40. The second-order valence-corrected chi connectivity index (χ2v) is 7.18. The number of ether oxygens (including phenoxy) is 2. The molecule has 6 heteroatoms. The summed E-state index contributed by atoms with van der Waals surface area (Å²) in [6.45, 7) is 5.21. The van der Waals surface area contributed by atoms with Crippen LogP contribution in [-0.4, -0.2) is 41.1 Å². The van der Waals surface area contributed by atoms with Gasteiger partial charge in [0.1, 0.15) is 5.60 Å². The number of rotatable bonds is 1. The summed E-state index contributed by atoms with van der Waals surface area (Å²) < 4.78 is 10.3. The number of hydrogen-bond acceptors (Lipinski definition) is 5. The van der Waals surface area contributed by atoms with E-state index >= 15 is 0 Å². The first kappa shape index (κ1) is 14.4. The molecule has 116 valence electrons. The van der Waals surface area contributed by atoms with E-state index in [9.17, 15) is 14.4 Å². The molecule has 0 spiro atoms. The minimum Gasteiger partial charge on any atom is -0.467 e. The van der Waals surface area contributed by atoms with Crippen LogP contribution in [0.15, 0.2) is 0 Å². The molecule has 6 nitrogen and oxygen atoms in total. The first-order valence-electron chi connectivity index (χ1n) is 7.39. The topological polar surface area (TPSA) is 72.9 Å². The van der Waals surface area contributed by atoms with E-state index in [4.69, 9.17) is 9.47 Å². The molecule has 0 N–H and O–H groups in total. The van der Waals surface area contributed by atoms with E-state index in [0.717, 1.165) is 17.7 Å². The standard InChI is InChI=1S/C15H21NO5/c1-14(2,3)21-13(19)16-11(17)9-8-6-5-7-15(16,10(8)9)12(18)20-4/h8-10H,5-7H2,1-4H3/t8-,9+,10-,15-/m0/s1. The molecule has 0 aromatic rings. The number of piperidine rings is 1. The second-order valence-electron chi connectivity index (χ2n) is 7.18. The van der Waals surface area contributed by atoms with E-state index in [1.165, 1.54) is 7.11 Å². The average Bonchev–Trinajstić information content (AvgIpc) is 3.03. The van der Waals surface area contributed by atoms with Crippen molar-refractivity contribution in [2.45, 2.75) is 51.2 Å². The Morgan fingerprint density at radius 1 is 1.33 bits per heavy atom. The van der Waals surface area contributed by atoms with Crippen molar-refractivity contribution < 1.29 is 23.9 Å². The summed E-state index contributed by atoms with van der Waals surface area (Å²) in [5, 5.41) is 0. The summed E-state index contributed by atoms with van der Waals surface area (Å²) in [4.78, 5) is 38.4. The minimum absolute atomic E-state index is 0.0845. The Hall–Kier alpha value is -1.59. The molecule has 0 unspecified atom stereocenters. The number of nitrogens with zero attached hydrogens (tertiary/aromatic N) is 1. The van der Waals surface area contributed by atoms with Crippen LogP contribution in [0.5, 0.6) is 0 Å². The van der Waals surface area contributed by atoms with Crippen molar-refractivity contribution in [1.29, 1.82) is 0 Å². The van der Waals surface area contributed by atoms with Crippen molar-refractivity contribution in [1.82, 2.24) is 4.90 Å². The van der Waals surface area contributed by atoms with Gasteiger partial charge < -0.3 is 9.47 Å². The molecule has 0 aromatic carbocycles. The van der Waals surface area contributed by atoms with Crippen molar-refractivity contribution in [2.75, 3.05) is 7.11 Å². The largest absolute Gasteiger partial charge is 0.467 e. The van der Waals surface area contributed by atoms with E-state index in [2.05, 4.69) is 0 Å². The van der Waals surface area contributed by atoms with E-state index in [1.54, 1.807) is 20.8 Å². The summed E-state index contributed by atoms with van der Waals surface area (Å²) in [6.07, 6.45) is 1.51. The van der Waals surface area contributed by atoms with Gasteiger partial charge in [-0.25, -0.2) is 14.5 Å². The molecular formula is C15H21NO5. The number of esters is 1. The van der Waals surface area contributed by atoms with Crippen LogP contribution < -0.4 is 0 Å². The Morgan fingerprint density at radius 2 is 2.00 bits per heavy atom. The third kappa shape index (κ3) is 1.80. The van der Waals surface area contributed by atoms with Crippen molar-refractivity contribution in [3.63, 3.8) is 0 Å². The maximum atomic E-state index is 12.5. The zero-order chi connectivity index (χ0) is 15.6. The molecule has 0 radical (unpaired) electrons. The Kier molecular flexibility index (Phi) is 2.88. The molecule has 1 aliphatic heterocycles. The van der Waals surface area contributed by atoms with Gasteiger partial charge in [-0.3, -0.25) is 4.79 Å². The van der Waals surface area contributed by atoms with Crippen molar-refractivity contribution >= 4 is 18.0 Å². The molecular weight excluding hydrogens is 274 g/mol. The van der Waals surface area contributed by atoms with E-state index in [0.29, 0.717) is 6.42 Å². The van der Waals surface area contributed by atoms with Gasteiger partial charge in [-0.05, 0) is 39.5 Å². The van der Waals surface area contributed by atoms with Crippen molar-refractivity contribution in [3.8, 4) is 0 Å². The highest BCUT2D eigenvalue weighted by molar-refractivity contribution is 6.06. The van der Waals surface area contributed by atoms with E-state index in [-0.39, 0.29) is 23.7 Å². The van der Waals surface area contributed by atoms with Crippen LogP contribution in [-0.2, 0) is 19.1 Å². The normalized spacial score (nSPS) is 37.0. The Bertz CT molecular complexity index is 523. The molecule has 3 fully saturated rings. The number of methoxy groups -OCH3 is 1. The van der Waals surface area contributed by atoms with Gasteiger partial charge in [0.2, 0.25) is 5.91 Å². The SMILES string of the molecule is COC(=O)[C@@]12CCC[C@H]3[C@@H](C(=O)N1C(=O)OC(C)(C)C)[C@H]32. The lowest BCUT2D eigenvalue weighted by Crippen LogP contribution is -2.60. The van der Waals surface area contributed by atoms with E-state index in [1.807, 2.05) is 0 Å². The first-order chi connectivity index (χ1) is 9.74. The van der Waals surface area contributed by atoms with Gasteiger partial charge >= 0.3 is 12.1 Å². The Morgan fingerprint density at radius 3 is 2.57 bits per heavy atom. The highest BCUT2D eigenvalue weighted by Crippen LogP contribution is 2.67. The predicted molar refractivity (Wildman–Crippen MR) is 72.1 cm³/mol. The summed E-state index contributed by atoms with van der Waals surface area (Å²) in [6, 6.07) is 0. The zero-order valence-corrected chi connectivity index (χ0v) is 12.8. The number of amides is 2. The van der Waals surface area contributed by atoms with Crippen LogP contribution in [0.4, 0.5) is 4.79 Å². The molecule has 21 heavy (non-hydrogen) atoms. The highest BCUT2D eigenvalue weighted by atomic mass is 16.6. The third-order valence-corrected chi connectivity index (χ3v) is 4.83. The molecule has 3 rings (SSSR count). The zero-order valence-electron chi connectivity index (χ0n) is 12.8. The number of imide groups is 1. The number of carbonyl (C=O) groups is 3. The van der Waals surface area contributed by atoms with Crippen molar-refractivity contribution in [3.05, 3.63) is 0 Å². The number of carbonyl (C=O) groups excluding carboxylic acids is 3. The molecule has 4 atom stereocenters. The molecule has 0 bridgehead atoms. The summed E-state index contributed by atoms with van der Waals surface area (Å²) >= 11 is 0. The van der Waals surface area contributed by atoms with Gasteiger partial charge in [0.05, 0.1) is 7.11 Å². The molecule has 2 saturated carbocycles. The van der Waals surface area contributed by atoms with Crippen LogP contribution in [0.25, 0.3) is 0 Å². The van der Waals surface area contributed by atoms with Gasteiger partial charge in [-0.2, -0.15) is 0 Å². The van der Waals surface area contributed by atoms with Gasteiger partial charge in [-0.15, -0.1) is 0 Å². The molecule has 1 heterocycles. The summed E-state index contributed by atoms with van der Waals surface area (Å²) in [7, 11) is 1.30. The number of likely N-dealkylation sites (tertiary alicyclic amines) is 1. The summed E-state index contributed by atoms with van der Waals surface area (Å²) in [5.41, 5.74) is -1.85. The second kappa shape index (κ2) is 4.21. The molecule has 1 saturated heterocycles. The lowest BCUT2D eigenvalue weighted by molar-refractivity contribution is -0.161. The van der Waals surface area contributed by atoms with Gasteiger partial charge in [-0.1, -0.05) is 6.42 Å². The Balaban J connectivity index is 1.97. The highest BCUT2D eigenvalue weighted by Gasteiger charge is 2.79. The molecule has 0 aromatic heterocycles. The minimum atomic E-state index is -1.14.